The number of hydrogen-bond donors (Lipinski definition) is 1. The number of aromatic nitrogens is 2. The first-order valence-electron chi connectivity index (χ1n) is 10.3. The summed E-state index contributed by atoms with van der Waals surface area (Å²) in [6.07, 6.45) is 3.41. The lowest BCUT2D eigenvalue weighted by molar-refractivity contribution is -0.121. The van der Waals surface area contributed by atoms with Gasteiger partial charge in [0.1, 0.15) is 15.8 Å². The average Bonchev–Trinajstić information content (AvgIpc) is 3.03. The molecular formula is C21H25N5O3S2. The molecule has 1 N–H and O–H groups in total. The third-order valence-corrected chi connectivity index (χ3v) is 6.92. The van der Waals surface area contributed by atoms with E-state index in [1.807, 2.05) is 26.0 Å². The Kier molecular flexibility index (Phi) is 6.42. The molecule has 10 heteroatoms. The molecule has 0 spiro atoms. The van der Waals surface area contributed by atoms with E-state index >= 15 is 0 Å². The molecule has 2 aromatic rings. The van der Waals surface area contributed by atoms with Gasteiger partial charge in [0.05, 0.1) is 17.1 Å². The first-order chi connectivity index (χ1) is 14.9. The maximum absolute atomic E-state index is 13.5. The van der Waals surface area contributed by atoms with Gasteiger partial charge in [0.15, 0.2) is 0 Å². The van der Waals surface area contributed by atoms with Crippen LogP contribution in [0.5, 0.6) is 0 Å². The number of fused-ring (bicyclic) bond motifs is 1. The van der Waals surface area contributed by atoms with Crippen molar-refractivity contribution < 1.29 is 9.90 Å². The molecule has 2 fully saturated rings. The van der Waals surface area contributed by atoms with E-state index in [1.54, 1.807) is 12.3 Å². The molecule has 0 aromatic carbocycles. The van der Waals surface area contributed by atoms with Gasteiger partial charge in [-0.25, -0.2) is 4.98 Å². The van der Waals surface area contributed by atoms with Crippen LogP contribution in [0.15, 0.2) is 28.0 Å². The number of carbonyl (C=O) groups excluding carboxylic acids is 1. The minimum absolute atomic E-state index is 0.124. The fourth-order valence-electron chi connectivity index (χ4n) is 3.84. The number of thioether (sulfide) groups is 1. The number of amides is 1. The number of piperazine rings is 1. The van der Waals surface area contributed by atoms with E-state index in [0.29, 0.717) is 52.4 Å². The second kappa shape index (κ2) is 9.07. The Bertz CT molecular complexity index is 1120. The zero-order chi connectivity index (χ0) is 22.1. The molecule has 2 saturated heterocycles. The second-order valence-electron chi connectivity index (χ2n) is 7.57. The Morgan fingerprint density at radius 2 is 1.97 bits per heavy atom. The van der Waals surface area contributed by atoms with E-state index in [-0.39, 0.29) is 18.1 Å². The van der Waals surface area contributed by atoms with Crippen molar-refractivity contribution >= 4 is 51.7 Å². The highest BCUT2D eigenvalue weighted by molar-refractivity contribution is 8.26. The van der Waals surface area contributed by atoms with Crippen LogP contribution in [0.4, 0.5) is 5.82 Å². The lowest BCUT2D eigenvalue weighted by Crippen LogP contribution is -2.48. The maximum atomic E-state index is 13.5. The fraction of sp³-hybridized carbons (Fsp3) is 0.429. The number of aliphatic hydroxyl groups is 1. The quantitative estimate of drug-likeness (QED) is 0.530. The Balaban J connectivity index is 1.81. The summed E-state index contributed by atoms with van der Waals surface area (Å²) in [5, 5.41) is 9.20. The number of aryl methyl sites for hydroxylation is 1. The summed E-state index contributed by atoms with van der Waals surface area (Å²) in [6.45, 7) is 7.96. The average molecular weight is 460 g/mol. The highest BCUT2D eigenvalue weighted by Gasteiger charge is 2.32. The van der Waals surface area contributed by atoms with Gasteiger partial charge in [-0.15, -0.1) is 0 Å². The Labute approximate surface area is 190 Å². The SMILES string of the molecule is CCN1C(=O)/C(=C/c2c(N3CCN(CCO)CC3)nc3ccc(C)cn3c2=O)SC1=S. The first-order valence-corrected chi connectivity index (χ1v) is 11.5. The number of anilines is 1. The van der Waals surface area contributed by atoms with Crippen LogP contribution in [0.1, 0.15) is 18.1 Å². The van der Waals surface area contributed by atoms with E-state index in [0.717, 1.165) is 18.7 Å². The predicted molar refractivity (Wildman–Crippen MR) is 127 cm³/mol. The van der Waals surface area contributed by atoms with Gasteiger partial charge in [0, 0.05) is 45.5 Å². The standard InChI is InChI=1S/C21H25N5O3S2/c1-3-25-20(29)16(31-21(25)30)12-15-18(24-8-6-23(7-9-24)10-11-27)22-17-5-4-14(2)13-26(17)19(15)28/h4-5,12-13,27H,3,6-11H2,1-2H3/b16-12-. The van der Waals surface area contributed by atoms with Crippen molar-refractivity contribution in [2.45, 2.75) is 13.8 Å². The molecule has 0 bridgehead atoms. The third-order valence-electron chi connectivity index (χ3n) is 5.54. The van der Waals surface area contributed by atoms with Crippen molar-refractivity contribution in [2.24, 2.45) is 0 Å². The molecule has 2 aliphatic heterocycles. The minimum Gasteiger partial charge on any atom is -0.395 e. The molecule has 2 aromatic heterocycles. The molecule has 4 rings (SSSR count). The number of β-amino-alcohol motifs (C(OH)–C–C–N with tert-alkyl or cyclic N) is 1. The molecule has 0 saturated carbocycles. The largest absolute Gasteiger partial charge is 0.395 e. The summed E-state index contributed by atoms with van der Waals surface area (Å²) in [5.74, 6) is 0.407. The van der Waals surface area contributed by atoms with Crippen LogP contribution in [-0.2, 0) is 4.79 Å². The Hall–Kier alpha value is -2.27. The van der Waals surface area contributed by atoms with Crippen LogP contribution in [0.3, 0.4) is 0 Å². The monoisotopic (exact) mass is 459 g/mol. The van der Waals surface area contributed by atoms with E-state index < -0.39 is 0 Å². The number of likely N-dealkylation sites (N-methyl/N-ethyl adjacent to an activating group) is 1. The van der Waals surface area contributed by atoms with Crippen LogP contribution in [-0.4, -0.2) is 80.4 Å². The molecule has 4 heterocycles. The number of rotatable bonds is 5. The van der Waals surface area contributed by atoms with Crippen molar-refractivity contribution in [3.8, 4) is 0 Å². The Morgan fingerprint density at radius 1 is 1.23 bits per heavy atom. The van der Waals surface area contributed by atoms with Gasteiger partial charge < -0.3 is 10.0 Å². The highest BCUT2D eigenvalue weighted by Crippen LogP contribution is 2.33. The maximum Gasteiger partial charge on any atom is 0.267 e. The summed E-state index contributed by atoms with van der Waals surface area (Å²) in [7, 11) is 0. The zero-order valence-electron chi connectivity index (χ0n) is 17.6. The lowest BCUT2D eigenvalue weighted by atomic mass is 10.2. The molecule has 0 radical (unpaired) electrons. The van der Waals surface area contributed by atoms with Gasteiger partial charge in [-0.1, -0.05) is 30.0 Å². The Morgan fingerprint density at radius 3 is 2.61 bits per heavy atom. The van der Waals surface area contributed by atoms with E-state index in [9.17, 15) is 14.7 Å². The number of hydrogen-bond acceptors (Lipinski definition) is 8. The summed E-state index contributed by atoms with van der Waals surface area (Å²) >= 11 is 6.54. The van der Waals surface area contributed by atoms with Crippen molar-refractivity contribution in [3.05, 3.63) is 44.7 Å². The summed E-state index contributed by atoms with van der Waals surface area (Å²) in [5.41, 5.74) is 1.71. The van der Waals surface area contributed by atoms with Gasteiger partial charge in [-0.3, -0.25) is 23.8 Å². The minimum atomic E-state index is -0.205. The molecule has 1 amide bonds. The van der Waals surface area contributed by atoms with Crippen molar-refractivity contribution in [1.82, 2.24) is 19.2 Å². The molecule has 164 valence electrons. The van der Waals surface area contributed by atoms with Crippen molar-refractivity contribution in [2.75, 3.05) is 50.8 Å². The fourth-order valence-corrected chi connectivity index (χ4v) is 5.21. The predicted octanol–water partition coefficient (Wildman–Crippen LogP) is 1.34. The molecule has 0 aliphatic carbocycles. The van der Waals surface area contributed by atoms with E-state index in [1.165, 1.54) is 21.1 Å². The summed E-state index contributed by atoms with van der Waals surface area (Å²) in [6, 6.07) is 3.76. The van der Waals surface area contributed by atoms with E-state index in [4.69, 9.17) is 17.2 Å². The second-order valence-corrected chi connectivity index (χ2v) is 9.24. The normalized spacial score (nSPS) is 19.3. The van der Waals surface area contributed by atoms with Crippen molar-refractivity contribution in [1.29, 1.82) is 0 Å². The molecule has 0 unspecified atom stereocenters. The topological polar surface area (TPSA) is 81.4 Å². The zero-order valence-corrected chi connectivity index (χ0v) is 19.2. The number of nitrogens with zero attached hydrogens (tertiary/aromatic N) is 5. The molecule has 2 aliphatic rings. The van der Waals surface area contributed by atoms with Crippen LogP contribution in [0.2, 0.25) is 0 Å². The van der Waals surface area contributed by atoms with Gasteiger partial charge >= 0.3 is 0 Å². The first kappa shape index (κ1) is 21.9. The van der Waals surface area contributed by atoms with Crippen molar-refractivity contribution in [3.63, 3.8) is 0 Å². The summed E-state index contributed by atoms with van der Waals surface area (Å²) in [4.78, 5) is 37.3. The molecule has 8 nitrogen and oxygen atoms in total. The number of carbonyl (C=O) groups is 1. The molecule has 31 heavy (non-hydrogen) atoms. The van der Waals surface area contributed by atoms with Gasteiger partial charge in [-0.2, -0.15) is 0 Å². The third kappa shape index (κ3) is 4.25. The van der Waals surface area contributed by atoms with Crippen LogP contribution < -0.4 is 10.5 Å². The molecule has 0 atom stereocenters. The lowest BCUT2D eigenvalue weighted by Gasteiger charge is -2.35. The van der Waals surface area contributed by atoms with Gasteiger partial charge in [0.25, 0.3) is 11.5 Å². The number of aliphatic hydroxyl groups excluding tert-OH is 1. The number of thiocarbonyl (C=S) groups is 1. The summed E-state index contributed by atoms with van der Waals surface area (Å²) < 4.78 is 2.04. The van der Waals surface area contributed by atoms with Crippen LogP contribution in [0, 0.1) is 6.92 Å². The van der Waals surface area contributed by atoms with Crippen LogP contribution >= 0.6 is 24.0 Å². The van der Waals surface area contributed by atoms with E-state index in [2.05, 4.69) is 9.80 Å². The molecular weight excluding hydrogens is 434 g/mol. The highest BCUT2D eigenvalue weighted by atomic mass is 32.2. The van der Waals surface area contributed by atoms with Gasteiger partial charge in [0.2, 0.25) is 0 Å². The smallest absolute Gasteiger partial charge is 0.267 e. The number of pyridine rings is 1. The van der Waals surface area contributed by atoms with Crippen LogP contribution in [0.25, 0.3) is 11.7 Å². The van der Waals surface area contributed by atoms with Gasteiger partial charge in [-0.05, 0) is 31.6 Å².